The van der Waals surface area contributed by atoms with Gasteiger partial charge in [-0.1, -0.05) is 40.9 Å². The molecule has 2 aromatic rings. The zero-order valence-electron chi connectivity index (χ0n) is 12.2. The number of Topliss-reactive ketones (excluding diaryl/α,β-unsaturated/α-hetero) is 1. The molecule has 0 aliphatic rings. The molecule has 0 bridgehead atoms. The maximum absolute atomic E-state index is 12.1. The van der Waals surface area contributed by atoms with Gasteiger partial charge in [-0.3, -0.25) is 4.79 Å². The van der Waals surface area contributed by atoms with E-state index in [1.54, 1.807) is 12.1 Å². The summed E-state index contributed by atoms with van der Waals surface area (Å²) in [5.41, 5.74) is 2.48. The third-order valence-electron chi connectivity index (χ3n) is 3.18. The predicted octanol–water partition coefficient (Wildman–Crippen LogP) is 4.65. The average Bonchev–Trinajstić information content (AvgIpc) is 2.47. The molecule has 22 heavy (non-hydrogen) atoms. The number of carbonyl (C=O) groups excluding carboxylic acids is 2. The highest BCUT2D eigenvalue weighted by atomic mass is 35.5. The first-order chi connectivity index (χ1) is 10.4. The zero-order valence-corrected chi connectivity index (χ0v) is 13.7. The van der Waals surface area contributed by atoms with Gasteiger partial charge in [0, 0.05) is 10.6 Å². The van der Waals surface area contributed by atoms with Gasteiger partial charge < -0.3 is 4.74 Å². The number of ketones is 1. The number of esters is 1. The molecule has 0 saturated heterocycles. The Labute approximate surface area is 138 Å². The molecule has 0 amide bonds. The van der Waals surface area contributed by atoms with Crippen molar-refractivity contribution in [1.82, 2.24) is 0 Å². The van der Waals surface area contributed by atoms with Crippen LogP contribution in [-0.2, 0) is 4.74 Å². The number of hydrogen-bond donors (Lipinski definition) is 0. The van der Waals surface area contributed by atoms with E-state index in [4.69, 9.17) is 27.9 Å². The molecule has 0 aliphatic carbocycles. The quantitative estimate of drug-likeness (QED) is 0.602. The lowest BCUT2D eigenvalue weighted by Crippen LogP contribution is -2.15. The van der Waals surface area contributed by atoms with Gasteiger partial charge in [0.05, 0.1) is 10.6 Å². The van der Waals surface area contributed by atoms with E-state index in [1.807, 2.05) is 26.0 Å². The van der Waals surface area contributed by atoms with E-state index in [9.17, 15) is 9.59 Å². The van der Waals surface area contributed by atoms with Crippen LogP contribution in [0.15, 0.2) is 36.4 Å². The Morgan fingerprint density at radius 2 is 1.73 bits per heavy atom. The van der Waals surface area contributed by atoms with Gasteiger partial charge in [0.25, 0.3) is 0 Å². The molecule has 114 valence electrons. The van der Waals surface area contributed by atoms with Crippen LogP contribution in [0, 0.1) is 13.8 Å². The number of ether oxygens (including phenoxy) is 1. The van der Waals surface area contributed by atoms with Crippen LogP contribution in [0.1, 0.15) is 31.8 Å². The van der Waals surface area contributed by atoms with Crippen molar-refractivity contribution in [2.75, 3.05) is 6.61 Å². The minimum Gasteiger partial charge on any atom is -0.454 e. The summed E-state index contributed by atoms with van der Waals surface area (Å²) in [5, 5.41) is 0.675. The number of halogens is 2. The number of carbonyl (C=O) groups is 2. The fraction of sp³-hybridized carbons (Fsp3) is 0.176. The Hall–Kier alpha value is -1.84. The Kier molecular flexibility index (Phi) is 5.22. The van der Waals surface area contributed by atoms with Gasteiger partial charge in [-0.05, 0) is 43.7 Å². The summed E-state index contributed by atoms with van der Waals surface area (Å²) in [7, 11) is 0. The molecule has 0 saturated carbocycles. The normalized spacial score (nSPS) is 10.4. The van der Waals surface area contributed by atoms with Crippen molar-refractivity contribution in [3.8, 4) is 0 Å². The third-order valence-corrected chi connectivity index (χ3v) is 3.73. The molecular formula is C17H14Cl2O3. The van der Waals surface area contributed by atoms with Crippen molar-refractivity contribution in [3.63, 3.8) is 0 Å². The molecule has 0 aromatic heterocycles. The molecule has 0 aliphatic heterocycles. The van der Waals surface area contributed by atoms with Crippen LogP contribution in [-0.4, -0.2) is 18.4 Å². The summed E-state index contributed by atoms with van der Waals surface area (Å²) < 4.78 is 5.09. The molecule has 5 heteroatoms. The van der Waals surface area contributed by atoms with Crippen molar-refractivity contribution in [1.29, 1.82) is 0 Å². The van der Waals surface area contributed by atoms with Gasteiger partial charge in [0.15, 0.2) is 6.61 Å². The van der Waals surface area contributed by atoms with Gasteiger partial charge >= 0.3 is 5.97 Å². The van der Waals surface area contributed by atoms with E-state index in [0.29, 0.717) is 10.6 Å². The lowest BCUT2D eigenvalue weighted by Gasteiger charge is -2.08. The van der Waals surface area contributed by atoms with Crippen LogP contribution in [0.25, 0.3) is 0 Å². The van der Waals surface area contributed by atoms with E-state index in [2.05, 4.69) is 0 Å². The molecule has 2 rings (SSSR count). The molecule has 0 fully saturated rings. The highest BCUT2D eigenvalue weighted by molar-refractivity contribution is 6.36. The molecule has 3 nitrogen and oxygen atoms in total. The molecule has 0 N–H and O–H groups in total. The van der Waals surface area contributed by atoms with Gasteiger partial charge in [0.2, 0.25) is 5.78 Å². The molecule has 0 radical (unpaired) electrons. The fourth-order valence-corrected chi connectivity index (χ4v) is 2.47. The minimum atomic E-state index is -0.528. The van der Waals surface area contributed by atoms with Crippen molar-refractivity contribution in [2.24, 2.45) is 0 Å². The topological polar surface area (TPSA) is 43.4 Å². The molecule has 0 atom stereocenters. The highest BCUT2D eigenvalue weighted by Gasteiger charge is 2.16. The van der Waals surface area contributed by atoms with E-state index in [0.717, 1.165) is 11.1 Å². The number of benzene rings is 2. The van der Waals surface area contributed by atoms with Crippen LogP contribution in [0.3, 0.4) is 0 Å². The maximum atomic E-state index is 12.1. The van der Waals surface area contributed by atoms with E-state index in [1.165, 1.54) is 12.1 Å². The molecule has 0 heterocycles. The third kappa shape index (κ3) is 3.87. The Bertz CT molecular complexity index is 739. The first-order valence-corrected chi connectivity index (χ1v) is 7.36. The van der Waals surface area contributed by atoms with Gasteiger partial charge in [0.1, 0.15) is 0 Å². The maximum Gasteiger partial charge on any atom is 0.338 e. The van der Waals surface area contributed by atoms with Crippen LogP contribution in [0.4, 0.5) is 0 Å². The lowest BCUT2D eigenvalue weighted by molar-refractivity contribution is 0.0474. The smallest absolute Gasteiger partial charge is 0.338 e. The summed E-state index contributed by atoms with van der Waals surface area (Å²) in [6, 6.07) is 10.0. The fourth-order valence-electron chi connectivity index (χ4n) is 1.96. The van der Waals surface area contributed by atoms with Crippen molar-refractivity contribution < 1.29 is 14.3 Å². The Balaban J connectivity index is 2.07. The van der Waals surface area contributed by atoms with Gasteiger partial charge in [-0.2, -0.15) is 0 Å². The van der Waals surface area contributed by atoms with Crippen molar-refractivity contribution in [3.05, 3.63) is 68.7 Å². The second-order valence-corrected chi connectivity index (χ2v) is 5.79. The van der Waals surface area contributed by atoms with E-state index in [-0.39, 0.29) is 23.0 Å². The number of aryl methyl sites for hydroxylation is 2. The lowest BCUT2D eigenvalue weighted by atomic mass is 10.1. The van der Waals surface area contributed by atoms with Crippen molar-refractivity contribution >= 4 is 35.0 Å². The first kappa shape index (κ1) is 16.5. The summed E-state index contributed by atoms with van der Waals surface area (Å²) in [4.78, 5) is 24.1. The monoisotopic (exact) mass is 336 g/mol. The number of rotatable bonds is 4. The van der Waals surface area contributed by atoms with Crippen molar-refractivity contribution in [2.45, 2.75) is 13.8 Å². The second kappa shape index (κ2) is 6.95. The second-order valence-electron chi connectivity index (χ2n) is 4.94. The summed E-state index contributed by atoms with van der Waals surface area (Å²) in [6.45, 7) is 3.33. The summed E-state index contributed by atoms with van der Waals surface area (Å²) in [5.74, 6) is -0.903. The molecular weight excluding hydrogens is 323 g/mol. The SMILES string of the molecule is Cc1ccc(C)c(C(=O)OCC(=O)c2ccc(Cl)cc2Cl)c1. The van der Waals surface area contributed by atoms with Gasteiger partial charge in [-0.25, -0.2) is 4.79 Å². The molecule has 0 spiro atoms. The van der Waals surface area contributed by atoms with Gasteiger partial charge in [-0.15, -0.1) is 0 Å². The van der Waals surface area contributed by atoms with Crippen LogP contribution in [0.5, 0.6) is 0 Å². The predicted molar refractivity (Wildman–Crippen MR) is 87.0 cm³/mol. The van der Waals surface area contributed by atoms with E-state index >= 15 is 0 Å². The summed E-state index contributed by atoms with van der Waals surface area (Å²) in [6.07, 6.45) is 0. The van der Waals surface area contributed by atoms with Crippen LogP contribution < -0.4 is 0 Å². The minimum absolute atomic E-state index is 0.236. The summed E-state index contributed by atoms with van der Waals surface area (Å²) >= 11 is 11.7. The Morgan fingerprint density at radius 1 is 1.00 bits per heavy atom. The highest BCUT2D eigenvalue weighted by Crippen LogP contribution is 2.21. The average molecular weight is 337 g/mol. The molecule has 2 aromatic carbocycles. The standard InChI is InChI=1S/C17H14Cl2O3/c1-10-3-4-11(2)14(7-10)17(21)22-9-16(20)13-6-5-12(18)8-15(13)19/h3-8H,9H2,1-2H3. The van der Waals surface area contributed by atoms with Crippen LogP contribution in [0.2, 0.25) is 10.0 Å². The first-order valence-electron chi connectivity index (χ1n) is 6.61. The number of hydrogen-bond acceptors (Lipinski definition) is 3. The Morgan fingerprint density at radius 3 is 2.41 bits per heavy atom. The van der Waals surface area contributed by atoms with E-state index < -0.39 is 5.97 Å². The molecule has 0 unspecified atom stereocenters. The largest absolute Gasteiger partial charge is 0.454 e. The van der Waals surface area contributed by atoms with Crippen LogP contribution >= 0.6 is 23.2 Å². The zero-order chi connectivity index (χ0) is 16.3.